The lowest BCUT2D eigenvalue weighted by Crippen LogP contribution is -2.62. The van der Waals surface area contributed by atoms with Crippen LogP contribution in [-0.4, -0.2) is 39.4 Å². The van der Waals surface area contributed by atoms with Crippen molar-refractivity contribution in [2.45, 2.75) is 5.67 Å². The quantitative estimate of drug-likeness (QED) is 0.771. The molecular formula is C17H16FN5O. The Labute approximate surface area is 137 Å². The average Bonchev–Trinajstić information content (AvgIpc) is 2.98. The van der Waals surface area contributed by atoms with Gasteiger partial charge in [-0.15, -0.1) is 0 Å². The summed E-state index contributed by atoms with van der Waals surface area (Å²) < 4.78 is 15.8. The van der Waals surface area contributed by atoms with Crippen molar-refractivity contribution in [1.82, 2.24) is 20.1 Å². The van der Waals surface area contributed by atoms with Gasteiger partial charge < -0.3 is 10.6 Å². The van der Waals surface area contributed by atoms with Gasteiger partial charge in [0.1, 0.15) is 5.82 Å². The molecule has 24 heavy (non-hydrogen) atoms. The van der Waals surface area contributed by atoms with Crippen molar-refractivity contribution in [2.24, 2.45) is 7.05 Å². The predicted octanol–water partition coefficient (Wildman–Crippen LogP) is 1.89. The number of rotatable bonds is 3. The van der Waals surface area contributed by atoms with Gasteiger partial charge in [-0.1, -0.05) is 12.1 Å². The van der Waals surface area contributed by atoms with Gasteiger partial charge in [0.2, 0.25) is 5.67 Å². The maximum Gasteiger partial charge on any atom is 0.265 e. The molecule has 4 rings (SSSR count). The topological polar surface area (TPSA) is 71.8 Å². The Bertz CT molecular complexity index is 932. The van der Waals surface area contributed by atoms with Crippen LogP contribution >= 0.6 is 0 Å². The van der Waals surface area contributed by atoms with Crippen LogP contribution < -0.4 is 10.6 Å². The van der Waals surface area contributed by atoms with Crippen LogP contribution in [0.25, 0.3) is 21.9 Å². The van der Waals surface area contributed by atoms with E-state index >= 15 is 0 Å². The van der Waals surface area contributed by atoms with Crippen molar-refractivity contribution in [2.75, 3.05) is 18.4 Å². The molecule has 1 aliphatic rings. The molecule has 0 aliphatic carbocycles. The van der Waals surface area contributed by atoms with Crippen LogP contribution in [0.1, 0.15) is 0 Å². The average molecular weight is 325 g/mol. The summed E-state index contributed by atoms with van der Waals surface area (Å²) in [5, 5.41) is 11.4. The van der Waals surface area contributed by atoms with E-state index in [9.17, 15) is 9.18 Å². The van der Waals surface area contributed by atoms with Crippen molar-refractivity contribution in [3.05, 3.63) is 42.9 Å². The lowest BCUT2D eigenvalue weighted by molar-refractivity contribution is -0.130. The Morgan fingerprint density at radius 2 is 2.08 bits per heavy atom. The van der Waals surface area contributed by atoms with E-state index in [2.05, 4.69) is 20.7 Å². The molecule has 1 amide bonds. The number of nitrogens with one attached hydrogen (secondary N) is 2. The molecule has 2 N–H and O–H groups in total. The van der Waals surface area contributed by atoms with Crippen molar-refractivity contribution < 1.29 is 9.18 Å². The van der Waals surface area contributed by atoms with E-state index in [-0.39, 0.29) is 13.1 Å². The number of hydrogen-bond acceptors (Lipinski definition) is 4. The second kappa shape index (κ2) is 5.38. The van der Waals surface area contributed by atoms with Crippen LogP contribution in [-0.2, 0) is 11.8 Å². The van der Waals surface area contributed by atoms with E-state index in [1.807, 2.05) is 31.4 Å². The first-order chi connectivity index (χ1) is 11.5. The zero-order valence-corrected chi connectivity index (χ0v) is 13.1. The highest BCUT2D eigenvalue weighted by Gasteiger charge is 2.44. The molecule has 6 nitrogen and oxygen atoms in total. The van der Waals surface area contributed by atoms with Gasteiger partial charge in [0.05, 0.1) is 6.20 Å². The maximum atomic E-state index is 14.1. The Morgan fingerprint density at radius 1 is 1.25 bits per heavy atom. The first-order valence-corrected chi connectivity index (χ1v) is 7.63. The second-order valence-corrected chi connectivity index (χ2v) is 6.06. The molecule has 0 atom stereocenters. The minimum absolute atomic E-state index is 0.0393. The van der Waals surface area contributed by atoms with Crippen LogP contribution in [0.2, 0.25) is 0 Å². The maximum absolute atomic E-state index is 14.1. The van der Waals surface area contributed by atoms with E-state index in [0.29, 0.717) is 5.82 Å². The number of hydrogen-bond donors (Lipinski definition) is 2. The molecule has 3 aromatic rings. The van der Waals surface area contributed by atoms with Crippen LogP contribution in [0.3, 0.4) is 0 Å². The van der Waals surface area contributed by atoms with Gasteiger partial charge in [-0.25, -0.2) is 9.37 Å². The molecule has 1 fully saturated rings. The van der Waals surface area contributed by atoms with Crippen molar-refractivity contribution in [1.29, 1.82) is 0 Å². The molecule has 0 bridgehead atoms. The molecule has 1 saturated heterocycles. The Morgan fingerprint density at radius 3 is 2.75 bits per heavy atom. The molecule has 0 radical (unpaired) electrons. The highest BCUT2D eigenvalue weighted by atomic mass is 19.1. The molecular weight excluding hydrogens is 309 g/mol. The number of benzene rings is 1. The Balaban J connectivity index is 1.65. The summed E-state index contributed by atoms with van der Waals surface area (Å²) in [4.78, 5) is 16.2. The zero-order chi connectivity index (χ0) is 16.7. The van der Waals surface area contributed by atoms with E-state index < -0.39 is 11.6 Å². The predicted molar refractivity (Wildman–Crippen MR) is 89.3 cm³/mol. The number of anilines is 1. The second-order valence-electron chi connectivity index (χ2n) is 6.06. The number of aryl methyl sites for hydroxylation is 1. The molecule has 0 saturated carbocycles. The number of nitrogens with zero attached hydrogens (tertiary/aromatic N) is 3. The van der Waals surface area contributed by atoms with Gasteiger partial charge >= 0.3 is 0 Å². The highest BCUT2D eigenvalue weighted by molar-refractivity contribution is 5.99. The third-order valence-electron chi connectivity index (χ3n) is 4.22. The van der Waals surface area contributed by atoms with Crippen molar-refractivity contribution in [3.63, 3.8) is 0 Å². The molecule has 7 heteroatoms. The van der Waals surface area contributed by atoms with Gasteiger partial charge in [-0.3, -0.25) is 9.48 Å². The molecule has 1 aliphatic heterocycles. The van der Waals surface area contributed by atoms with Gasteiger partial charge in [-0.2, -0.15) is 5.10 Å². The third-order valence-corrected chi connectivity index (χ3v) is 4.22. The first-order valence-electron chi connectivity index (χ1n) is 7.63. The van der Waals surface area contributed by atoms with Gasteiger partial charge in [0.25, 0.3) is 5.91 Å². The molecule has 0 spiro atoms. The molecule has 3 heterocycles. The SMILES string of the molecule is Cn1cc(-c2ccc3cnc(NC(=O)C4(F)CNC4)cc3c2)cn1. The van der Waals surface area contributed by atoms with Crippen LogP contribution in [0.4, 0.5) is 10.2 Å². The standard InChI is InChI=1S/C17H16FN5O/c1-23-8-14(7-21-23)11-2-3-12-6-20-15(5-13(12)4-11)22-16(24)17(18)9-19-10-17/h2-8,19H,9-10H2,1H3,(H,20,22,24). The largest absolute Gasteiger partial charge is 0.309 e. The molecule has 0 unspecified atom stereocenters. The third kappa shape index (κ3) is 2.52. The summed E-state index contributed by atoms with van der Waals surface area (Å²) in [5.41, 5.74) is 0.183. The summed E-state index contributed by atoms with van der Waals surface area (Å²) in [6, 6.07) is 7.71. The zero-order valence-electron chi connectivity index (χ0n) is 13.1. The molecule has 122 valence electrons. The fraction of sp³-hybridized carbons (Fsp3) is 0.235. The van der Waals surface area contributed by atoms with Crippen LogP contribution in [0.15, 0.2) is 42.9 Å². The summed E-state index contributed by atoms with van der Waals surface area (Å²) in [6.07, 6.45) is 5.39. The van der Waals surface area contributed by atoms with E-state index in [1.165, 1.54) is 0 Å². The van der Waals surface area contributed by atoms with Crippen molar-refractivity contribution in [3.8, 4) is 11.1 Å². The van der Waals surface area contributed by atoms with Gasteiger partial charge in [-0.05, 0) is 23.1 Å². The molecule has 2 aromatic heterocycles. The fourth-order valence-corrected chi connectivity index (χ4v) is 2.69. The first kappa shape index (κ1) is 14.8. The Kier molecular flexibility index (Phi) is 3.31. The van der Waals surface area contributed by atoms with Crippen LogP contribution in [0, 0.1) is 0 Å². The monoisotopic (exact) mass is 325 g/mol. The van der Waals surface area contributed by atoms with Crippen molar-refractivity contribution >= 4 is 22.5 Å². The minimum atomic E-state index is -1.84. The van der Waals surface area contributed by atoms with E-state index in [4.69, 9.17) is 0 Å². The number of alkyl halides is 1. The number of carbonyl (C=O) groups is 1. The molecule has 1 aromatic carbocycles. The van der Waals surface area contributed by atoms with E-state index in [0.717, 1.165) is 21.9 Å². The van der Waals surface area contributed by atoms with Crippen LogP contribution in [0.5, 0.6) is 0 Å². The Hall–Kier alpha value is -2.80. The summed E-state index contributed by atoms with van der Waals surface area (Å²) >= 11 is 0. The minimum Gasteiger partial charge on any atom is -0.309 e. The summed E-state index contributed by atoms with van der Waals surface area (Å²) in [6.45, 7) is 0.0785. The van der Waals surface area contributed by atoms with Gasteiger partial charge in [0.15, 0.2) is 0 Å². The fourth-order valence-electron chi connectivity index (χ4n) is 2.69. The smallest absolute Gasteiger partial charge is 0.265 e. The number of aromatic nitrogens is 3. The lowest BCUT2D eigenvalue weighted by Gasteiger charge is -2.32. The number of carbonyl (C=O) groups excluding carboxylic acids is 1. The number of halogens is 1. The summed E-state index contributed by atoms with van der Waals surface area (Å²) in [7, 11) is 1.87. The van der Waals surface area contributed by atoms with E-state index in [1.54, 1.807) is 23.1 Å². The highest BCUT2D eigenvalue weighted by Crippen LogP contribution is 2.26. The number of amides is 1. The number of fused-ring (bicyclic) bond motifs is 1. The summed E-state index contributed by atoms with van der Waals surface area (Å²) in [5.74, 6) is -0.309. The lowest BCUT2D eigenvalue weighted by atomic mass is 9.98. The number of pyridine rings is 1. The van der Waals surface area contributed by atoms with Gasteiger partial charge in [0, 0.05) is 43.5 Å². The normalized spacial score (nSPS) is 15.9.